The van der Waals surface area contributed by atoms with Gasteiger partial charge in [0.05, 0.1) is 10.7 Å². The Morgan fingerprint density at radius 2 is 1.91 bits per heavy atom. The summed E-state index contributed by atoms with van der Waals surface area (Å²) >= 11 is 6.16. The van der Waals surface area contributed by atoms with Crippen molar-refractivity contribution < 1.29 is 9.59 Å². The van der Waals surface area contributed by atoms with E-state index >= 15 is 0 Å². The van der Waals surface area contributed by atoms with Crippen LogP contribution in [0.15, 0.2) is 24.3 Å². The van der Waals surface area contributed by atoms with Gasteiger partial charge in [0.1, 0.15) is 6.04 Å². The molecule has 3 rings (SSSR count). The SMILES string of the molecule is Cl.O=C(NC1CCN(c2ccccc2Cl)C1=O)C1CCNCC1. The second-order valence-electron chi connectivity index (χ2n) is 5.82. The molecule has 1 aromatic rings. The van der Waals surface area contributed by atoms with Crippen LogP contribution in [0.3, 0.4) is 0 Å². The van der Waals surface area contributed by atoms with E-state index in [2.05, 4.69) is 10.6 Å². The predicted octanol–water partition coefficient (Wildman–Crippen LogP) is 1.98. The average molecular weight is 358 g/mol. The summed E-state index contributed by atoms with van der Waals surface area (Å²) in [5.74, 6) is -0.0559. The molecule has 0 spiro atoms. The number of halogens is 2. The number of anilines is 1. The Hall–Kier alpha value is -1.30. The molecule has 1 aromatic carbocycles. The minimum absolute atomic E-state index is 0. The molecule has 0 saturated carbocycles. The third-order valence-electron chi connectivity index (χ3n) is 4.38. The fourth-order valence-corrected chi connectivity index (χ4v) is 3.34. The summed E-state index contributed by atoms with van der Waals surface area (Å²) in [6, 6.07) is 6.86. The fourth-order valence-electron chi connectivity index (χ4n) is 3.10. The van der Waals surface area contributed by atoms with Crippen molar-refractivity contribution in [2.24, 2.45) is 5.92 Å². The Balaban J connectivity index is 0.00000192. The van der Waals surface area contributed by atoms with Gasteiger partial charge in [-0.3, -0.25) is 9.59 Å². The van der Waals surface area contributed by atoms with Gasteiger partial charge in [0.15, 0.2) is 0 Å². The minimum atomic E-state index is -0.432. The smallest absolute Gasteiger partial charge is 0.249 e. The topological polar surface area (TPSA) is 61.4 Å². The van der Waals surface area contributed by atoms with Crippen LogP contribution in [-0.4, -0.2) is 37.5 Å². The van der Waals surface area contributed by atoms with Crippen LogP contribution in [0.25, 0.3) is 0 Å². The first kappa shape index (κ1) is 18.0. The molecule has 7 heteroatoms. The Kier molecular flexibility index (Phi) is 6.27. The van der Waals surface area contributed by atoms with E-state index in [0.29, 0.717) is 23.7 Å². The standard InChI is InChI=1S/C16H20ClN3O2.ClH/c17-12-3-1-2-4-14(12)20-10-7-13(16(20)22)19-15(21)11-5-8-18-9-6-11;/h1-4,11,13,18H,5-10H2,(H,19,21);1H. The van der Waals surface area contributed by atoms with Gasteiger partial charge in [-0.25, -0.2) is 0 Å². The first-order valence-electron chi connectivity index (χ1n) is 7.74. The van der Waals surface area contributed by atoms with Gasteiger partial charge in [-0.2, -0.15) is 0 Å². The molecule has 2 heterocycles. The summed E-state index contributed by atoms with van der Waals surface area (Å²) in [6.45, 7) is 2.31. The van der Waals surface area contributed by atoms with Crippen LogP contribution in [0.5, 0.6) is 0 Å². The lowest BCUT2D eigenvalue weighted by Crippen LogP contribution is -2.46. The Morgan fingerprint density at radius 3 is 2.61 bits per heavy atom. The van der Waals surface area contributed by atoms with E-state index in [0.717, 1.165) is 25.9 Å². The Bertz CT molecular complexity index is 576. The van der Waals surface area contributed by atoms with Gasteiger partial charge in [0.25, 0.3) is 0 Å². The minimum Gasteiger partial charge on any atom is -0.344 e. The summed E-state index contributed by atoms with van der Waals surface area (Å²) in [7, 11) is 0. The number of carbonyl (C=O) groups is 2. The summed E-state index contributed by atoms with van der Waals surface area (Å²) < 4.78 is 0. The van der Waals surface area contributed by atoms with Crippen LogP contribution in [0.4, 0.5) is 5.69 Å². The number of carbonyl (C=O) groups excluding carboxylic acids is 2. The molecule has 2 amide bonds. The van der Waals surface area contributed by atoms with Gasteiger partial charge in [0, 0.05) is 12.5 Å². The molecule has 2 aliphatic rings. The molecule has 1 unspecified atom stereocenters. The number of nitrogens with one attached hydrogen (secondary N) is 2. The van der Waals surface area contributed by atoms with Crippen LogP contribution < -0.4 is 15.5 Å². The van der Waals surface area contributed by atoms with E-state index in [-0.39, 0.29) is 30.1 Å². The summed E-state index contributed by atoms with van der Waals surface area (Å²) in [6.07, 6.45) is 2.29. The first-order chi connectivity index (χ1) is 10.7. The monoisotopic (exact) mass is 357 g/mol. The van der Waals surface area contributed by atoms with E-state index in [1.54, 1.807) is 11.0 Å². The number of benzene rings is 1. The van der Waals surface area contributed by atoms with Crippen molar-refractivity contribution in [2.75, 3.05) is 24.5 Å². The quantitative estimate of drug-likeness (QED) is 0.869. The number of hydrogen-bond donors (Lipinski definition) is 2. The van der Waals surface area contributed by atoms with Gasteiger partial charge >= 0.3 is 0 Å². The molecular weight excluding hydrogens is 337 g/mol. The third kappa shape index (κ3) is 3.97. The first-order valence-corrected chi connectivity index (χ1v) is 8.11. The maximum absolute atomic E-state index is 12.5. The van der Waals surface area contributed by atoms with Crippen molar-refractivity contribution >= 4 is 41.5 Å². The highest BCUT2D eigenvalue weighted by molar-refractivity contribution is 6.34. The van der Waals surface area contributed by atoms with Crippen LogP contribution in [0, 0.1) is 5.92 Å². The number of rotatable bonds is 3. The van der Waals surface area contributed by atoms with E-state index in [1.165, 1.54) is 0 Å². The summed E-state index contributed by atoms with van der Waals surface area (Å²) in [4.78, 5) is 26.5. The zero-order valence-electron chi connectivity index (χ0n) is 12.8. The number of hydrogen-bond acceptors (Lipinski definition) is 3. The number of amides is 2. The number of para-hydroxylation sites is 1. The maximum Gasteiger partial charge on any atom is 0.249 e. The van der Waals surface area contributed by atoms with Crippen molar-refractivity contribution in [1.82, 2.24) is 10.6 Å². The van der Waals surface area contributed by atoms with Gasteiger partial charge in [-0.15, -0.1) is 12.4 Å². The van der Waals surface area contributed by atoms with Crippen LogP contribution >= 0.6 is 24.0 Å². The zero-order chi connectivity index (χ0) is 15.5. The fraction of sp³-hybridized carbons (Fsp3) is 0.500. The highest BCUT2D eigenvalue weighted by atomic mass is 35.5. The van der Waals surface area contributed by atoms with Crippen LogP contribution in [-0.2, 0) is 9.59 Å². The molecule has 126 valence electrons. The third-order valence-corrected chi connectivity index (χ3v) is 4.69. The summed E-state index contributed by atoms with van der Waals surface area (Å²) in [5, 5.41) is 6.71. The molecule has 0 aromatic heterocycles. The van der Waals surface area contributed by atoms with Gasteiger partial charge < -0.3 is 15.5 Å². The van der Waals surface area contributed by atoms with Crippen LogP contribution in [0.1, 0.15) is 19.3 Å². The lowest BCUT2D eigenvalue weighted by Gasteiger charge is -2.23. The largest absolute Gasteiger partial charge is 0.344 e. The molecule has 2 N–H and O–H groups in total. The molecule has 5 nitrogen and oxygen atoms in total. The zero-order valence-corrected chi connectivity index (χ0v) is 14.3. The van der Waals surface area contributed by atoms with Crippen molar-refractivity contribution in [3.05, 3.63) is 29.3 Å². The molecule has 0 bridgehead atoms. The number of piperidine rings is 1. The molecule has 23 heavy (non-hydrogen) atoms. The molecule has 0 radical (unpaired) electrons. The number of nitrogens with zero attached hydrogens (tertiary/aromatic N) is 1. The second kappa shape index (κ2) is 7.99. The Labute approximate surface area is 147 Å². The van der Waals surface area contributed by atoms with Crippen molar-refractivity contribution in [1.29, 1.82) is 0 Å². The maximum atomic E-state index is 12.5. The normalized spacial score (nSPS) is 21.9. The molecule has 2 saturated heterocycles. The molecular formula is C16H21Cl2N3O2. The van der Waals surface area contributed by atoms with Gasteiger partial charge in [-0.1, -0.05) is 23.7 Å². The highest BCUT2D eigenvalue weighted by Gasteiger charge is 2.35. The lowest BCUT2D eigenvalue weighted by molar-refractivity contribution is -0.129. The highest BCUT2D eigenvalue weighted by Crippen LogP contribution is 2.29. The van der Waals surface area contributed by atoms with Crippen molar-refractivity contribution in [2.45, 2.75) is 25.3 Å². The van der Waals surface area contributed by atoms with Gasteiger partial charge in [0.2, 0.25) is 11.8 Å². The van der Waals surface area contributed by atoms with E-state index in [9.17, 15) is 9.59 Å². The van der Waals surface area contributed by atoms with E-state index < -0.39 is 6.04 Å². The van der Waals surface area contributed by atoms with Gasteiger partial charge in [-0.05, 0) is 44.5 Å². The van der Waals surface area contributed by atoms with Crippen molar-refractivity contribution in [3.63, 3.8) is 0 Å². The van der Waals surface area contributed by atoms with Crippen LogP contribution in [0.2, 0.25) is 5.02 Å². The van der Waals surface area contributed by atoms with Crippen molar-refractivity contribution in [3.8, 4) is 0 Å². The average Bonchev–Trinajstić information content (AvgIpc) is 2.90. The Morgan fingerprint density at radius 1 is 1.22 bits per heavy atom. The van der Waals surface area contributed by atoms with E-state index in [1.807, 2.05) is 18.2 Å². The lowest BCUT2D eigenvalue weighted by atomic mass is 9.97. The predicted molar refractivity (Wildman–Crippen MR) is 93.2 cm³/mol. The molecule has 0 aliphatic carbocycles. The molecule has 2 aliphatic heterocycles. The molecule has 1 atom stereocenters. The molecule has 2 fully saturated rings. The van der Waals surface area contributed by atoms with E-state index in [4.69, 9.17) is 11.6 Å². The second-order valence-corrected chi connectivity index (χ2v) is 6.22. The summed E-state index contributed by atoms with van der Waals surface area (Å²) in [5.41, 5.74) is 0.716.